The van der Waals surface area contributed by atoms with Gasteiger partial charge in [-0.1, -0.05) is 0 Å². The molecular formula is C21H22N4O4. The predicted octanol–water partition coefficient (Wildman–Crippen LogP) is 2.34. The van der Waals surface area contributed by atoms with Crippen LogP contribution in [0.1, 0.15) is 12.8 Å². The van der Waals surface area contributed by atoms with Crippen LogP contribution < -0.4 is 19.1 Å². The van der Waals surface area contributed by atoms with E-state index < -0.39 is 6.10 Å². The van der Waals surface area contributed by atoms with Crippen molar-refractivity contribution in [1.29, 1.82) is 0 Å². The third-order valence-corrected chi connectivity index (χ3v) is 6.35. The summed E-state index contributed by atoms with van der Waals surface area (Å²) < 4.78 is 16.9. The van der Waals surface area contributed by atoms with Crippen molar-refractivity contribution >= 4 is 16.9 Å². The summed E-state index contributed by atoms with van der Waals surface area (Å²) in [5.74, 6) is 3.99. The highest BCUT2D eigenvalue weighted by Crippen LogP contribution is 2.41. The number of aromatic nitrogens is 3. The summed E-state index contributed by atoms with van der Waals surface area (Å²) in [7, 11) is 0. The molecule has 150 valence electrons. The lowest BCUT2D eigenvalue weighted by atomic mass is 9.78. The first-order valence-corrected chi connectivity index (χ1v) is 10.0. The minimum absolute atomic E-state index is 0.228. The molecule has 4 atom stereocenters. The zero-order valence-electron chi connectivity index (χ0n) is 15.8. The number of ether oxygens (including phenoxy) is 3. The van der Waals surface area contributed by atoms with Gasteiger partial charge in [0.2, 0.25) is 6.79 Å². The first-order chi connectivity index (χ1) is 14.2. The number of anilines is 1. The number of H-pyrrole nitrogens is 1. The maximum atomic E-state index is 10.7. The number of aromatic amines is 1. The van der Waals surface area contributed by atoms with Crippen LogP contribution in [0.5, 0.6) is 17.2 Å². The second-order valence-corrected chi connectivity index (χ2v) is 8.07. The summed E-state index contributed by atoms with van der Waals surface area (Å²) in [5.41, 5.74) is 0.855. The van der Waals surface area contributed by atoms with Gasteiger partial charge in [0.05, 0.1) is 11.5 Å². The van der Waals surface area contributed by atoms with Gasteiger partial charge in [-0.3, -0.25) is 0 Å². The highest BCUT2D eigenvalue weighted by molar-refractivity contribution is 5.87. The Morgan fingerprint density at radius 1 is 1.07 bits per heavy atom. The second kappa shape index (κ2) is 6.52. The molecule has 2 N–H and O–H groups in total. The summed E-state index contributed by atoms with van der Waals surface area (Å²) in [4.78, 5) is 14.3. The number of aliphatic hydroxyl groups is 1. The molecule has 2 aromatic heterocycles. The molecule has 8 nitrogen and oxygen atoms in total. The summed E-state index contributed by atoms with van der Waals surface area (Å²) in [6.07, 6.45) is 4.34. The van der Waals surface area contributed by atoms with E-state index in [1.165, 1.54) is 0 Å². The summed E-state index contributed by atoms with van der Waals surface area (Å²) >= 11 is 0. The Bertz CT molecular complexity index is 1050. The Balaban J connectivity index is 1.19. The highest BCUT2D eigenvalue weighted by Gasteiger charge is 2.43. The van der Waals surface area contributed by atoms with Crippen molar-refractivity contribution in [2.45, 2.75) is 25.0 Å². The quantitative estimate of drug-likeness (QED) is 0.704. The molecule has 3 aromatic rings. The van der Waals surface area contributed by atoms with Gasteiger partial charge < -0.3 is 29.2 Å². The van der Waals surface area contributed by atoms with Crippen molar-refractivity contribution in [1.82, 2.24) is 15.0 Å². The fourth-order valence-electron chi connectivity index (χ4n) is 4.93. The maximum absolute atomic E-state index is 10.7. The normalized spacial score (nSPS) is 28.0. The van der Waals surface area contributed by atoms with Gasteiger partial charge in [-0.05, 0) is 42.9 Å². The molecule has 0 radical (unpaired) electrons. The van der Waals surface area contributed by atoms with Crippen molar-refractivity contribution in [3.8, 4) is 17.2 Å². The van der Waals surface area contributed by atoms with E-state index in [1.807, 2.05) is 30.5 Å². The lowest BCUT2D eigenvalue weighted by molar-refractivity contribution is -0.0232. The van der Waals surface area contributed by atoms with Crippen molar-refractivity contribution in [3.63, 3.8) is 0 Å². The molecule has 2 aliphatic heterocycles. The van der Waals surface area contributed by atoms with E-state index >= 15 is 0 Å². The van der Waals surface area contributed by atoms with Crippen LogP contribution in [0, 0.1) is 11.8 Å². The molecule has 1 saturated carbocycles. The van der Waals surface area contributed by atoms with E-state index in [4.69, 9.17) is 14.2 Å². The SMILES string of the molecule is O[C@@H]1C[C@H]2CN(c3ncnc4[nH]ccc34)C[C@H]2C[C@H]1Oc1ccc2c(c1)OCO2. The van der Waals surface area contributed by atoms with Crippen LogP contribution in [0.25, 0.3) is 11.0 Å². The third-order valence-electron chi connectivity index (χ3n) is 6.35. The topological polar surface area (TPSA) is 92.7 Å². The van der Waals surface area contributed by atoms with Crippen LogP contribution in [0.3, 0.4) is 0 Å². The molecule has 2 fully saturated rings. The van der Waals surface area contributed by atoms with Gasteiger partial charge in [-0.25, -0.2) is 9.97 Å². The number of aliphatic hydroxyl groups excluding tert-OH is 1. The van der Waals surface area contributed by atoms with E-state index in [0.29, 0.717) is 23.3 Å². The molecule has 6 rings (SSSR count). The van der Waals surface area contributed by atoms with Gasteiger partial charge in [-0.15, -0.1) is 0 Å². The number of hydrogen-bond acceptors (Lipinski definition) is 7. The number of hydrogen-bond donors (Lipinski definition) is 2. The largest absolute Gasteiger partial charge is 0.488 e. The number of fused-ring (bicyclic) bond motifs is 3. The molecule has 4 heterocycles. The Labute approximate surface area is 167 Å². The summed E-state index contributed by atoms with van der Waals surface area (Å²) in [5, 5.41) is 11.8. The number of rotatable bonds is 3. The van der Waals surface area contributed by atoms with E-state index in [-0.39, 0.29) is 12.9 Å². The van der Waals surface area contributed by atoms with E-state index in [2.05, 4.69) is 19.9 Å². The smallest absolute Gasteiger partial charge is 0.231 e. The number of benzene rings is 1. The Morgan fingerprint density at radius 2 is 1.93 bits per heavy atom. The molecule has 0 unspecified atom stereocenters. The van der Waals surface area contributed by atoms with E-state index in [0.717, 1.165) is 48.5 Å². The van der Waals surface area contributed by atoms with Gasteiger partial charge in [0.15, 0.2) is 11.5 Å². The lowest BCUT2D eigenvalue weighted by Gasteiger charge is -2.35. The summed E-state index contributed by atoms with van der Waals surface area (Å²) in [6.45, 7) is 2.05. The summed E-state index contributed by atoms with van der Waals surface area (Å²) in [6, 6.07) is 7.58. The molecule has 1 saturated heterocycles. The molecule has 1 aromatic carbocycles. The fraction of sp³-hybridized carbons (Fsp3) is 0.429. The van der Waals surface area contributed by atoms with Crippen LogP contribution >= 0.6 is 0 Å². The van der Waals surface area contributed by atoms with Gasteiger partial charge >= 0.3 is 0 Å². The first kappa shape index (κ1) is 16.9. The van der Waals surface area contributed by atoms with Crippen LogP contribution in [0.15, 0.2) is 36.8 Å². The van der Waals surface area contributed by atoms with E-state index in [9.17, 15) is 5.11 Å². The van der Waals surface area contributed by atoms with Crippen molar-refractivity contribution in [3.05, 3.63) is 36.8 Å². The van der Waals surface area contributed by atoms with Crippen LogP contribution in [0.2, 0.25) is 0 Å². The highest BCUT2D eigenvalue weighted by atomic mass is 16.7. The average Bonchev–Trinajstić information content (AvgIpc) is 3.46. The van der Waals surface area contributed by atoms with Crippen molar-refractivity contribution in [2.24, 2.45) is 11.8 Å². The lowest BCUT2D eigenvalue weighted by Crippen LogP contribution is -2.42. The zero-order chi connectivity index (χ0) is 19.4. The standard InChI is InChI=1S/C21H22N4O4/c26-16-5-12-8-25(21-15-3-4-22-20(15)23-10-24-21)9-13(12)6-18(16)29-14-1-2-17-19(7-14)28-11-27-17/h1-4,7,10,12-13,16,18,26H,5-6,8-9,11H2,(H,22,23,24)/t12-,13+,16+,18+/m0/s1. The first-order valence-electron chi connectivity index (χ1n) is 10.0. The molecule has 8 heteroatoms. The molecule has 0 spiro atoms. The monoisotopic (exact) mass is 394 g/mol. The molecule has 29 heavy (non-hydrogen) atoms. The Morgan fingerprint density at radius 3 is 2.86 bits per heavy atom. The van der Waals surface area contributed by atoms with Crippen molar-refractivity contribution in [2.75, 3.05) is 24.8 Å². The minimum Gasteiger partial charge on any atom is -0.488 e. The van der Waals surface area contributed by atoms with Crippen LogP contribution in [-0.4, -0.2) is 52.1 Å². The maximum Gasteiger partial charge on any atom is 0.231 e. The van der Waals surface area contributed by atoms with Crippen LogP contribution in [-0.2, 0) is 0 Å². The third kappa shape index (κ3) is 2.86. The van der Waals surface area contributed by atoms with Gasteiger partial charge in [0.25, 0.3) is 0 Å². The molecular weight excluding hydrogens is 372 g/mol. The molecule has 3 aliphatic rings. The van der Waals surface area contributed by atoms with Crippen LogP contribution in [0.4, 0.5) is 5.82 Å². The van der Waals surface area contributed by atoms with Gasteiger partial charge in [0, 0.05) is 25.4 Å². The van der Waals surface area contributed by atoms with E-state index in [1.54, 1.807) is 6.33 Å². The predicted molar refractivity (Wildman–Crippen MR) is 105 cm³/mol. The Kier molecular flexibility index (Phi) is 3.80. The number of nitrogens with one attached hydrogen (secondary N) is 1. The minimum atomic E-state index is -0.487. The van der Waals surface area contributed by atoms with Crippen molar-refractivity contribution < 1.29 is 19.3 Å². The zero-order valence-corrected chi connectivity index (χ0v) is 15.8. The molecule has 0 amide bonds. The Hall–Kier alpha value is -3.00. The molecule has 1 aliphatic carbocycles. The average molecular weight is 394 g/mol. The fourth-order valence-corrected chi connectivity index (χ4v) is 4.93. The second-order valence-electron chi connectivity index (χ2n) is 8.07. The van der Waals surface area contributed by atoms with Gasteiger partial charge in [0.1, 0.15) is 29.6 Å². The number of nitrogens with zero attached hydrogens (tertiary/aromatic N) is 3. The molecule has 0 bridgehead atoms. The van der Waals surface area contributed by atoms with Gasteiger partial charge in [-0.2, -0.15) is 0 Å².